The summed E-state index contributed by atoms with van der Waals surface area (Å²) in [4.78, 5) is 0. The van der Waals surface area contributed by atoms with E-state index in [-0.39, 0.29) is 22.2 Å². The van der Waals surface area contributed by atoms with Crippen LogP contribution in [0.25, 0.3) is 0 Å². The van der Waals surface area contributed by atoms with Gasteiger partial charge in [0.2, 0.25) is 0 Å². The van der Waals surface area contributed by atoms with Crippen molar-refractivity contribution in [3.63, 3.8) is 0 Å². The first-order valence-electron chi connectivity index (χ1n) is 2.95. The fourth-order valence-corrected chi connectivity index (χ4v) is 1.05. The molecule has 0 radical (unpaired) electrons. The summed E-state index contributed by atoms with van der Waals surface area (Å²) in [6.07, 6.45) is 0. The summed E-state index contributed by atoms with van der Waals surface area (Å²) in [6, 6.07) is 4.59. The Bertz CT molecular complexity index is 278. The predicted molar refractivity (Wildman–Crippen MR) is 44.1 cm³/mol. The lowest BCUT2D eigenvalue weighted by molar-refractivity contribution is 0.474. The van der Waals surface area contributed by atoms with Gasteiger partial charge in [-0.05, 0) is 12.1 Å². The molecule has 0 saturated heterocycles. The maximum absolute atomic E-state index is 9.16. The molecule has 1 aromatic carbocycles. The van der Waals surface area contributed by atoms with Gasteiger partial charge in [-0.2, -0.15) is 0 Å². The van der Waals surface area contributed by atoms with E-state index in [9.17, 15) is 0 Å². The molecule has 1 rings (SSSR count). The molecule has 0 aromatic heterocycles. The summed E-state index contributed by atoms with van der Waals surface area (Å²) in [5, 5.41) is 16.5. The van der Waals surface area contributed by atoms with Gasteiger partial charge in [0, 0.05) is 0 Å². The molecule has 58 valence electrons. The highest BCUT2D eigenvalue weighted by Crippen LogP contribution is 2.23. The molecule has 0 unspecified atom stereocenters. The van der Waals surface area contributed by atoms with E-state index in [4.69, 9.17) is 27.9 Å². The zero-order chi connectivity index (χ0) is 8.43. The van der Waals surface area contributed by atoms with Crippen molar-refractivity contribution in [3.05, 3.63) is 28.8 Å². The van der Waals surface area contributed by atoms with E-state index in [0.29, 0.717) is 0 Å². The van der Waals surface area contributed by atoms with Crippen LogP contribution in [0.3, 0.4) is 0 Å². The average Bonchev–Trinajstić information content (AvgIpc) is 1.85. The SMILES string of the molecule is N=C(N)c1c(O)cccc1Cl. The lowest BCUT2D eigenvalue weighted by Gasteiger charge is -2.02. The van der Waals surface area contributed by atoms with Crippen LogP contribution < -0.4 is 5.73 Å². The third kappa shape index (κ3) is 1.43. The van der Waals surface area contributed by atoms with E-state index in [1.54, 1.807) is 12.1 Å². The molecule has 4 N–H and O–H groups in total. The van der Waals surface area contributed by atoms with Gasteiger partial charge in [0.1, 0.15) is 11.6 Å². The number of phenolic OH excluding ortho intramolecular Hbond substituents is 1. The molecular formula is C7H7ClN2O. The van der Waals surface area contributed by atoms with Crippen LogP contribution in [0.15, 0.2) is 18.2 Å². The topological polar surface area (TPSA) is 70.1 Å². The molecule has 0 fully saturated rings. The second kappa shape index (κ2) is 2.80. The van der Waals surface area contributed by atoms with E-state index in [0.717, 1.165) is 0 Å². The minimum absolute atomic E-state index is 0.0648. The first-order valence-corrected chi connectivity index (χ1v) is 3.32. The number of hydrogen-bond acceptors (Lipinski definition) is 2. The Morgan fingerprint density at radius 1 is 1.55 bits per heavy atom. The molecule has 0 heterocycles. The molecule has 0 saturated carbocycles. The fourth-order valence-electron chi connectivity index (χ4n) is 0.779. The van der Waals surface area contributed by atoms with Crippen LogP contribution in [0.4, 0.5) is 0 Å². The van der Waals surface area contributed by atoms with Crippen LogP contribution in [0.2, 0.25) is 5.02 Å². The molecule has 11 heavy (non-hydrogen) atoms. The third-order valence-corrected chi connectivity index (χ3v) is 1.58. The van der Waals surface area contributed by atoms with Crippen molar-refractivity contribution in [2.75, 3.05) is 0 Å². The first-order chi connectivity index (χ1) is 5.13. The molecule has 4 heteroatoms. The number of nitrogens with two attached hydrogens (primary N) is 1. The average molecular weight is 171 g/mol. The molecule has 0 atom stereocenters. The molecule has 0 amide bonds. The van der Waals surface area contributed by atoms with Gasteiger partial charge >= 0.3 is 0 Å². The fraction of sp³-hybridized carbons (Fsp3) is 0. The van der Waals surface area contributed by atoms with E-state index in [1.807, 2.05) is 0 Å². The Morgan fingerprint density at radius 3 is 2.55 bits per heavy atom. The van der Waals surface area contributed by atoms with Crippen molar-refractivity contribution < 1.29 is 5.11 Å². The lowest BCUT2D eigenvalue weighted by Crippen LogP contribution is -2.11. The maximum Gasteiger partial charge on any atom is 0.128 e. The van der Waals surface area contributed by atoms with Crippen LogP contribution in [0.1, 0.15) is 5.56 Å². The molecule has 0 aliphatic carbocycles. The van der Waals surface area contributed by atoms with Gasteiger partial charge in [-0.1, -0.05) is 17.7 Å². The minimum Gasteiger partial charge on any atom is -0.507 e. The highest BCUT2D eigenvalue weighted by Gasteiger charge is 2.07. The molecule has 0 spiro atoms. The van der Waals surface area contributed by atoms with Gasteiger partial charge in [-0.25, -0.2) is 0 Å². The first kappa shape index (κ1) is 7.88. The number of amidine groups is 1. The predicted octanol–water partition coefficient (Wildman–Crippen LogP) is 1.33. The van der Waals surface area contributed by atoms with Gasteiger partial charge in [0.15, 0.2) is 0 Å². The van der Waals surface area contributed by atoms with Crippen molar-refractivity contribution in [3.8, 4) is 5.75 Å². The van der Waals surface area contributed by atoms with Crippen LogP contribution in [-0.2, 0) is 0 Å². The normalized spacial score (nSPS) is 9.55. The molecule has 0 bridgehead atoms. The summed E-state index contributed by atoms with van der Waals surface area (Å²) in [5.74, 6) is -0.293. The molecule has 0 aliphatic heterocycles. The van der Waals surface area contributed by atoms with Gasteiger partial charge in [0.05, 0.1) is 10.6 Å². The Hall–Kier alpha value is -1.22. The number of aromatic hydroxyl groups is 1. The zero-order valence-corrected chi connectivity index (χ0v) is 6.39. The summed E-state index contributed by atoms with van der Waals surface area (Å²) in [6.45, 7) is 0. The zero-order valence-electron chi connectivity index (χ0n) is 5.63. The molecule has 0 aliphatic rings. The highest BCUT2D eigenvalue weighted by atomic mass is 35.5. The number of nitrogen functional groups attached to an aromatic ring is 1. The van der Waals surface area contributed by atoms with E-state index in [1.165, 1.54) is 6.07 Å². The quantitative estimate of drug-likeness (QED) is 0.440. The summed E-state index contributed by atoms with van der Waals surface area (Å²) >= 11 is 5.64. The van der Waals surface area contributed by atoms with Gasteiger partial charge in [-0.3, -0.25) is 5.41 Å². The smallest absolute Gasteiger partial charge is 0.128 e. The molecule has 3 nitrogen and oxygen atoms in total. The molecule has 1 aromatic rings. The lowest BCUT2D eigenvalue weighted by atomic mass is 10.2. The number of hydrogen-bond donors (Lipinski definition) is 3. The van der Waals surface area contributed by atoms with Crippen molar-refractivity contribution in [1.29, 1.82) is 5.41 Å². The Labute approximate surface area is 68.9 Å². The van der Waals surface area contributed by atoms with Crippen LogP contribution in [0.5, 0.6) is 5.75 Å². The molecular weight excluding hydrogens is 164 g/mol. The third-order valence-electron chi connectivity index (χ3n) is 1.26. The Morgan fingerprint density at radius 2 is 2.18 bits per heavy atom. The van der Waals surface area contributed by atoms with Crippen molar-refractivity contribution in [2.24, 2.45) is 5.73 Å². The van der Waals surface area contributed by atoms with Crippen molar-refractivity contribution in [1.82, 2.24) is 0 Å². The van der Waals surface area contributed by atoms with E-state index < -0.39 is 0 Å². The van der Waals surface area contributed by atoms with Crippen molar-refractivity contribution in [2.45, 2.75) is 0 Å². The second-order valence-corrected chi connectivity index (χ2v) is 2.45. The summed E-state index contributed by atoms with van der Waals surface area (Å²) < 4.78 is 0. The van der Waals surface area contributed by atoms with E-state index in [2.05, 4.69) is 0 Å². The van der Waals surface area contributed by atoms with Crippen LogP contribution in [-0.4, -0.2) is 10.9 Å². The highest BCUT2D eigenvalue weighted by molar-refractivity contribution is 6.34. The number of rotatable bonds is 1. The summed E-state index contributed by atoms with van der Waals surface area (Å²) in [7, 11) is 0. The van der Waals surface area contributed by atoms with Crippen LogP contribution in [0, 0.1) is 5.41 Å². The Kier molecular flexibility index (Phi) is 2.01. The number of halogens is 1. The van der Waals surface area contributed by atoms with Crippen LogP contribution >= 0.6 is 11.6 Å². The second-order valence-electron chi connectivity index (χ2n) is 2.05. The van der Waals surface area contributed by atoms with E-state index >= 15 is 0 Å². The largest absolute Gasteiger partial charge is 0.507 e. The van der Waals surface area contributed by atoms with Crippen molar-refractivity contribution >= 4 is 17.4 Å². The minimum atomic E-state index is -0.229. The number of phenols is 1. The Balaban J connectivity index is 3.32. The number of nitrogens with one attached hydrogen (secondary N) is 1. The standard InChI is InChI=1S/C7H7ClN2O/c8-4-2-1-3-5(11)6(4)7(9)10/h1-3,11H,(H3,9,10). The van der Waals surface area contributed by atoms with Gasteiger partial charge in [0.25, 0.3) is 0 Å². The summed E-state index contributed by atoms with van der Waals surface area (Å²) in [5.41, 5.74) is 5.34. The number of benzene rings is 1. The van der Waals surface area contributed by atoms with Gasteiger partial charge < -0.3 is 10.8 Å². The maximum atomic E-state index is 9.16. The van der Waals surface area contributed by atoms with Gasteiger partial charge in [-0.15, -0.1) is 0 Å². The monoisotopic (exact) mass is 170 g/mol.